The Bertz CT molecular complexity index is 821. The van der Waals surface area contributed by atoms with Gasteiger partial charge in [-0.15, -0.1) is 0 Å². The minimum absolute atomic E-state index is 0.0275. The monoisotopic (exact) mass is 298 g/mol. The smallest absolute Gasteiger partial charge is 0.167 e. The van der Waals surface area contributed by atoms with Gasteiger partial charge in [0.1, 0.15) is 5.82 Å². The van der Waals surface area contributed by atoms with Crippen molar-refractivity contribution in [2.45, 2.75) is 6.42 Å². The number of carbonyl (C=O) groups is 1. The fraction of sp³-hybridized carbons (Fsp3) is 0.0556. The van der Waals surface area contributed by atoms with Crippen molar-refractivity contribution >= 4 is 28.2 Å². The number of halogens is 2. The maximum atomic E-state index is 13.0. The summed E-state index contributed by atoms with van der Waals surface area (Å²) in [6.45, 7) is 0. The van der Waals surface area contributed by atoms with Crippen LogP contribution in [0.5, 0.6) is 0 Å². The number of carbonyl (C=O) groups excluding carboxylic acids is 1. The molecular formula is C18H12ClFO. The molecule has 3 aromatic rings. The van der Waals surface area contributed by atoms with E-state index in [1.54, 1.807) is 6.07 Å². The molecule has 1 nitrogen and oxygen atoms in total. The molecule has 0 aromatic heterocycles. The van der Waals surface area contributed by atoms with Crippen LogP contribution in [0.2, 0.25) is 5.02 Å². The highest BCUT2D eigenvalue weighted by Crippen LogP contribution is 2.23. The molecule has 0 bridgehead atoms. The van der Waals surface area contributed by atoms with Crippen LogP contribution in [0.1, 0.15) is 15.9 Å². The molecule has 0 N–H and O–H groups in total. The van der Waals surface area contributed by atoms with Gasteiger partial charge in [0.25, 0.3) is 0 Å². The highest BCUT2D eigenvalue weighted by Gasteiger charge is 2.12. The Balaban J connectivity index is 1.97. The lowest BCUT2D eigenvalue weighted by molar-refractivity contribution is 0.0994. The average molecular weight is 299 g/mol. The maximum absolute atomic E-state index is 13.0. The second-order valence-electron chi connectivity index (χ2n) is 4.86. The van der Waals surface area contributed by atoms with Gasteiger partial charge >= 0.3 is 0 Å². The summed E-state index contributed by atoms with van der Waals surface area (Å²) in [7, 11) is 0. The van der Waals surface area contributed by atoms with E-state index in [1.165, 1.54) is 12.1 Å². The van der Waals surface area contributed by atoms with E-state index < -0.39 is 5.82 Å². The number of ketones is 1. The van der Waals surface area contributed by atoms with E-state index in [9.17, 15) is 9.18 Å². The van der Waals surface area contributed by atoms with Gasteiger partial charge in [-0.05, 0) is 28.5 Å². The van der Waals surface area contributed by atoms with Crippen LogP contribution in [0.3, 0.4) is 0 Å². The first-order valence-electron chi connectivity index (χ1n) is 6.60. The quantitative estimate of drug-likeness (QED) is 0.618. The van der Waals surface area contributed by atoms with E-state index in [4.69, 9.17) is 11.6 Å². The Kier molecular flexibility index (Phi) is 3.72. The molecule has 0 saturated heterocycles. The van der Waals surface area contributed by atoms with E-state index in [0.717, 1.165) is 10.8 Å². The zero-order valence-electron chi connectivity index (χ0n) is 11.1. The summed E-state index contributed by atoms with van der Waals surface area (Å²) in [6, 6.07) is 17.5. The van der Waals surface area contributed by atoms with Gasteiger partial charge in [-0.3, -0.25) is 4.79 Å². The Morgan fingerprint density at radius 2 is 1.76 bits per heavy atom. The lowest BCUT2D eigenvalue weighted by Gasteiger charge is -2.07. The predicted molar refractivity (Wildman–Crippen MR) is 83.4 cm³/mol. The van der Waals surface area contributed by atoms with Gasteiger partial charge in [-0.25, -0.2) is 4.39 Å². The molecule has 0 unspecified atom stereocenters. The highest BCUT2D eigenvalue weighted by molar-refractivity contribution is 6.31. The third-order valence-corrected chi connectivity index (χ3v) is 3.81. The Morgan fingerprint density at radius 1 is 1.00 bits per heavy atom. The Hall–Kier alpha value is -2.19. The molecule has 0 aliphatic heterocycles. The first kappa shape index (κ1) is 13.8. The molecule has 0 heterocycles. The van der Waals surface area contributed by atoms with Crippen molar-refractivity contribution in [3.63, 3.8) is 0 Å². The fourth-order valence-electron chi connectivity index (χ4n) is 2.40. The van der Waals surface area contributed by atoms with E-state index in [2.05, 4.69) is 0 Å². The average Bonchev–Trinajstić information content (AvgIpc) is 2.49. The fourth-order valence-corrected chi connectivity index (χ4v) is 2.64. The molecule has 0 radical (unpaired) electrons. The van der Waals surface area contributed by atoms with Gasteiger partial charge in [-0.1, -0.05) is 60.1 Å². The number of rotatable bonds is 3. The van der Waals surface area contributed by atoms with E-state index in [1.807, 2.05) is 42.5 Å². The zero-order chi connectivity index (χ0) is 14.8. The summed E-state index contributed by atoms with van der Waals surface area (Å²) in [5.74, 6) is -0.429. The van der Waals surface area contributed by atoms with Gasteiger partial charge in [0.2, 0.25) is 0 Å². The SMILES string of the molecule is O=C(Cc1ccc(F)cc1Cl)c1cccc2ccccc12. The molecule has 0 aliphatic carbocycles. The van der Waals surface area contributed by atoms with Gasteiger partial charge in [0.15, 0.2) is 5.78 Å². The summed E-state index contributed by atoms with van der Waals surface area (Å²) in [5.41, 5.74) is 1.30. The molecule has 21 heavy (non-hydrogen) atoms. The second-order valence-corrected chi connectivity index (χ2v) is 5.27. The Morgan fingerprint density at radius 3 is 2.57 bits per heavy atom. The van der Waals surface area contributed by atoms with Crippen LogP contribution < -0.4 is 0 Å². The van der Waals surface area contributed by atoms with Crippen molar-refractivity contribution in [2.75, 3.05) is 0 Å². The van der Waals surface area contributed by atoms with Crippen LogP contribution in [0, 0.1) is 5.82 Å². The van der Waals surface area contributed by atoms with Gasteiger partial charge in [0.05, 0.1) is 0 Å². The van der Waals surface area contributed by atoms with Gasteiger partial charge in [-0.2, -0.15) is 0 Å². The van der Waals surface area contributed by atoms with Gasteiger partial charge in [0, 0.05) is 17.0 Å². The van der Waals surface area contributed by atoms with Crippen LogP contribution in [0.4, 0.5) is 4.39 Å². The summed E-state index contributed by atoms with van der Waals surface area (Å²) in [6.07, 6.45) is 0.160. The highest BCUT2D eigenvalue weighted by atomic mass is 35.5. The molecule has 0 atom stereocenters. The summed E-state index contributed by atoms with van der Waals surface area (Å²) in [4.78, 5) is 12.5. The summed E-state index contributed by atoms with van der Waals surface area (Å²) in [5, 5.41) is 2.22. The Labute approximate surface area is 127 Å². The lowest BCUT2D eigenvalue weighted by Crippen LogP contribution is -2.05. The molecular weight excluding hydrogens is 287 g/mol. The molecule has 3 heteroatoms. The number of fused-ring (bicyclic) bond motifs is 1. The lowest BCUT2D eigenvalue weighted by atomic mass is 9.97. The molecule has 3 rings (SSSR count). The normalized spacial score (nSPS) is 10.8. The van der Waals surface area contributed by atoms with Crippen molar-refractivity contribution in [3.8, 4) is 0 Å². The molecule has 104 valence electrons. The van der Waals surface area contributed by atoms with Gasteiger partial charge < -0.3 is 0 Å². The van der Waals surface area contributed by atoms with Crippen molar-refractivity contribution in [3.05, 3.63) is 82.6 Å². The van der Waals surface area contributed by atoms with Crippen LogP contribution in [0.25, 0.3) is 10.8 Å². The van der Waals surface area contributed by atoms with E-state index in [0.29, 0.717) is 11.1 Å². The molecule has 0 spiro atoms. The van der Waals surface area contributed by atoms with Crippen LogP contribution in [-0.4, -0.2) is 5.78 Å². The number of hydrogen-bond acceptors (Lipinski definition) is 1. The minimum Gasteiger partial charge on any atom is -0.294 e. The largest absolute Gasteiger partial charge is 0.294 e. The van der Waals surface area contributed by atoms with Crippen molar-refractivity contribution in [1.29, 1.82) is 0 Å². The number of hydrogen-bond donors (Lipinski definition) is 0. The zero-order valence-corrected chi connectivity index (χ0v) is 11.9. The maximum Gasteiger partial charge on any atom is 0.167 e. The second kappa shape index (κ2) is 5.66. The van der Waals surface area contributed by atoms with Crippen molar-refractivity contribution in [2.24, 2.45) is 0 Å². The predicted octanol–water partition coefficient (Wildman–Crippen LogP) is 5.06. The number of Topliss-reactive ketones (excluding diaryl/α,β-unsaturated/α-hetero) is 1. The summed E-state index contributed by atoms with van der Waals surface area (Å²) < 4.78 is 13.0. The first-order chi connectivity index (χ1) is 10.1. The molecule has 3 aromatic carbocycles. The third kappa shape index (κ3) is 2.81. The molecule has 0 saturated carbocycles. The van der Waals surface area contributed by atoms with Crippen LogP contribution in [-0.2, 0) is 6.42 Å². The molecule has 0 fully saturated rings. The van der Waals surface area contributed by atoms with Crippen molar-refractivity contribution in [1.82, 2.24) is 0 Å². The first-order valence-corrected chi connectivity index (χ1v) is 6.98. The molecule has 0 amide bonds. The minimum atomic E-state index is -0.402. The van der Waals surface area contributed by atoms with E-state index in [-0.39, 0.29) is 17.2 Å². The molecule has 0 aliphatic rings. The van der Waals surface area contributed by atoms with Crippen LogP contribution in [0.15, 0.2) is 60.7 Å². The summed E-state index contributed by atoms with van der Waals surface area (Å²) >= 11 is 5.99. The van der Waals surface area contributed by atoms with Crippen LogP contribution >= 0.6 is 11.6 Å². The number of benzene rings is 3. The van der Waals surface area contributed by atoms with E-state index >= 15 is 0 Å². The van der Waals surface area contributed by atoms with Crippen molar-refractivity contribution < 1.29 is 9.18 Å². The third-order valence-electron chi connectivity index (χ3n) is 3.46. The standard InChI is InChI=1S/C18H12ClFO/c19-17-11-14(20)9-8-13(17)10-18(21)16-7-3-5-12-4-1-2-6-15(12)16/h1-9,11H,10H2. The topological polar surface area (TPSA) is 17.1 Å².